The van der Waals surface area contributed by atoms with Crippen molar-refractivity contribution >= 4 is 38.4 Å². The minimum absolute atomic E-state index is 0.630. The third-order valence-electron chi connectivity index (χ3n) is 2.79. The maximum absolute atomic E-state index is 5.99. The summed E-state index contributed by atoms with van der Waals surface area (Å²) in [5.74, 6) is 0. The number of aromatic nitrogens is 1. The summed E-state index contributed by atoms with van der Waals surface area (Å²) in [4.78, 5) is 4.65. The molecule has 0 fully saturated rings. The van der Waals surface area contributed by atoms with Gasteiger partial charge in [-0.25, -0.2) is 0 Å². The van der Waals surface area contributed by atoms with Crippen LogP contribution in [0, 0.1) is 0 Å². The monoisotopic (exact) mass is 297 g/mol. The van der Waals surface area contributed by atoms with Gasteiger partial charge in [0.05, 0.1) is 24.4 Å². The molecule has 16 heavy (non-hydrogen) atoms. The molecule has 0 aliphatic carbocycles. The highest BCUT2D eigenvalue weighted by atomic mass is 79.9. The van der Waals surface area contributed by atoms with Gasteiger partial charge in [0.15, 0.2) is 0 Å². The fourth-order valence-corrected chi connectivity index (χ4v) is 2.81. The molecular formula is C12H9BrClNO. The maximum Gasteiger partial charge on any atom is 0.0746 e. The van der Waals surface area contributed by atoms with E-state index in [9.17, 15) is 0 Å². The highest BCUT2D eigenvalue weighted by Gasteiger charge is 2.16. The number of pyridine rings is 1. The Morgan fingerprint density at radius 1 is 1.38 bits per heavy atom. The van der Waals surface area contributed by atoms with E-state index < -0.39 is 0 Å². The van der Waals surface area contributed by atoms with Gasteiger partial charge >= 0.3 is 0 Å². The molecule has 2 heterocycles. The fourth-order valence-electron chi connectivity index (χ4n) is 1.98. The fraction of sp³-hybridized carbons (Fsp3) is 0.250. The Labute approximate surface area is 107 Å². The van der Waals surface area contributed by atoms with Gasteiger partial charge in [-0.1, -0.05) is 11.6 Å². The van der Waals surface area contributed by atoms with Crippen LogP contribution in [0.2, 0.25) is 5.02 Å². The SMILES string of the molecule is Clc1ccc2nc3c(c(Br)c2c1)COCC3. The van der Waals surface area contributed by atoms with Gasteiger partial charge in [0, 0.05) is 26.9 Å². The van der Waals surface area contributed by atoms with E-state index in [1.807, 2.05) is 18.2 Å². The Bertz CT molecular complexity index is 570. The molecule has 0 bridgehead atoms. The predicted molar refractivity (Wildman–Crippen MR) is 67.8 cm³/mol. The van der Waals surface area contributed by atoms with Gasteiger partial charge in [-0.05, 0) is 34.1 Å². The Morgan fingerprint density at radius 3 is 3.12 bits per heavy atom. The lowest BCUT2D eigenvalue weighted by atomic mass is 10.1. The molecule has 2 nitrogen and oxygen atoms in total. The summed E-state index contributed by atoms with van der Waals surface area (Å²) in [6.45, 7) is 1.39. The Morgan fingerprint density at radius 2 is 2.25 bits per heavy atom. The summed E-state index contributed by atoms with van der Waals surface area (Å²) in [5.41, 5.74) is 3.27. The van der Waals surface area contributed by atoms with Crippen LogP contribution in [-0.4, -0.2) is 11.6 Å². The first-order valence-corrected chi connectivity index (χ1v) is 6.27. The molecule has 1 aromatic carbocycles. The molecule has 4 heteroatoms. The van der Waals surface area contributed by atoms with Crippen molar-refractivity contribution in [2.75, 3.05) is 6.61 Å². The first kappa shape index (κ1) is 10.5. The third-order valence-corrected chi connectivity index (χ3v) is 3.93. The van der Waals surface area contributed by atoms with E-state index in [2.05, 4.69) is 20.9 Å². The van der Waals surface area contributed by atoms with E-state index in [4.69, 9.17) is 16.3 Å². The molecule has 0 saturated carbocycles. The molecule has 0 atom stereocenters. The number of rotatable bonds is 0. The molecule has 0 unspecified atom stereocenters. The van der Waals surface area contributed by atoms with Crippen LogP contribution in [0.5, 0.6) is 0 Å². The lowest BCUT2D eigenvalue weighted by Crippen LogP contribution is -2.12. The summed E-state index contributed by atoms with van der Waals surface area (Å²) in [6.07, 6.45) is 0.881. The molecule has 1 aliphatic rings. The second-order valence-corrected chi connectivity index (χ2v) is 5.04. The first-order chi connectivity index (χ1) is 7.75. The van der Waals surface area contributed by atoms with Crippen LogP contribution in [0.15, 0.2) is 22.7 Å². The van der Waals surface area contributed by atoms with Crippen molar-refractivity contribution in [1.82, 2.24) is 4.98 Å². The van der Waals surface area contributed by atoms with Crippen molar-refractivity contribution in [2.24, 2.45) is 0 Å². The normalized spacial score (nSPS) is 15.1. The Kier molecular flexibility index (Phi) is 2.62. The Balaban J connectivity index is 2.35. The zero-order chi connectivity index (χ0) is 11.1. The van der Waals surface area contributed by atoms with Gasteiger partial charge in [0.2, 0.25) is 0 Å². The summed E-state index contributed by atoms with van der Waals surface area (Å²) < 4.78 is 6.52. The largest absolute Gasteiger partial charge is 0.376 e. The topological polar surface area (TPSA) is 22.1 Å². The third kappa shape index (κ3) is 1.63. The summed E-state index contributed by atoms with van der Waals surface area (Å²) in [7, 11) is 0. The lowest BCUT2D eigenvalue weighted by Gasteiger charge is -2.18. The van der Waals surface area contributed by atoms with Crippen LogP contribution >= 0.6 is 27.5 Å². The predicted octanol–water partition coefficient (Wildman–Crippen LogP) is 3.72. The highest BCUT2D eigenvalue weighted by molar-refractivity contribution is 9.10. The molecule has 3 rings (SSSR count). The Hall–Kier alpha value is -0.640. The van der Waals surface area contributed by atoms with Crippen LogP contribution in [-0.2, 0) is 17.8 Å². The number of benzene rings is 1. The molecule has 1 aliphatic heterocycles. The highest BCUT2D eigenvalue weighted by Crippen LogP contribution is 2.32. The first-order valence-electron chi connectivity index (χ1n) is 5.10. The molecule has 0 radical (unpaired) electrons. The molecule has 0 saturated heterocycles. The van der Waals surface area contributed by atoms with Gasteiger partial charge in [0.25, 0.3) is 0 Å². The van der Waals surface area contributed by atoms with E-state index in [1.54, 1.807) is 0 Å². The van der Waals surface area contributed by atoms with Gasteiger partial charge in [0.1, 0.15) is 0 Å². The zero-order valence-electron chi connectivity index (χ0n) is 8.46. The van der Waals surface area contributed by atoms with E-state index >= 15 is 0 Å². The van der Waals surface area contributed by atoms with Crippen molar-refractivity contribution in [3.8, 4) is 0 Å². The number of hydrogen-bond donors (Lipinski definition) is 0. The molecule has 2 aromatic rings. The summed E-state index contributed by atoms with van der Waals surface area (Å²) in [6, 6.07) is 5.76. The van der Waals surface area contributed by atoms with Crippen LogP contribution < -0.4 is 0 Å². The van der Waals surface area contributed by atoms with Crippen LogP contribution in [0.4, 0.5) is 0 Å². The van der Waals surface area contributed by atoms with Crippen LogP contribution in [0.25, 0.3) is 10.9 Å². The van der Waals surface area contributed by atoms with Crippen LogP contribution in [0.3, 0.4) is 0 Å². The second-order valence-electron chi connectivity index (χ2n) is 3.82. The quantitative estimate of drug-likeness (QED) is 0.739. The minimum Gasteiger partial charge on any atom is -0.376 e. The van der Waals surface area contributed by atoms with E-state index in [-0.39, 0.29) is 0 Å². The van der Waals surface area contributed by atoms with Gasteiger partial charge in [-0.15, -0.1) is 0 Å². The van der Waals surface area contributed by atoms with E-state index in [0.29, 0.717) is 6.61 Å². The smallest absolute Gasteiger partial charge is 0.0746 e. The number of halogens is 2. The standard InChI is InChI=1S/C12H9BrClNO/c13-12-8-5-7(14)1-2-10(8)15-11-3-4-16-6-9(11)12/h1-2,5H,3-4,6H2. The van der Waals surface area contributed by atoms with Gasteiger partial charge in [-0.3, -0.25) is 4.98 Å². The number of nitrogens with zero attached hydrogens (tertiary/aromatic N) is 1. The molecule has 1 aromatic heterocycles. The average Bonchev–Trinajstić information content (AvgIpc) is 2.31. The molecule has 0 amide bonds. The summed E-state index contributed by atoms with van der Waals surface area (Å²) >= 11 is 9.62. The van der Waals surface area contributed by atoms with E-state index in [0.717, 1.165) is 44.7 Å². The zero-order valence-corrected chi connectivity index (χ0v) is 10.8. The number of ether oxygens (including phenoxy) is 1. The van der Waals surface area contributed by atoms with Crippen molar-refractivity contribution in [3.05, 3.63) is 39.0 Å². The van der Waals surface area contributed by atoms with Crippen molar-refractivity contribution < 1.29 is 4.74 Å². The van der Waals surface area contributed by atoms with Gasteiger partial charge in [-0.2, -0.15) is 0 Å². The van der Waals surface area contributed by atoms with Crippen LogP contribution in [0.1, 0.15) is 11.3 Å². The lowest BCUT2D eigenvalue weighted by molar-refractivity contribution is 0.109. The average molecular weight is 299 g/mol. The number of hydrogen-bond acceptors (Lipinski definition) is 2. The van der Waals surface area contributed by atoms with E-state index in [1.165, 1.54) is 0 Å². The second kappa shape index (κ2) is 3.99. The molecule has 0 spiro atoms. The molecule has 82 valence electrons. The van der Waals surface area contributed by atoms with Crippen molar-refractivity contribution in [2.45, 2.75) is 13.0 Å². The molecular weight excluding hydrogens is 289 g/mol. The van der Waals surface area contributed by atoms with Crippen molar-refractivity contribution in [1.29, 1.82) is 0 Å². The molecule has 0 N–H and O–H groups in total. The maximum atomic E-state index is 5.99. The summed E-state index contributed by atoms with van der Waals surface area (Å²) in [5, 5.41) is 1.78. The number of fused-ring (bicyclic) bond motifs is 2. The minimum atomic E-state index is 0.630. The van der Waals surface area contributed by atoms with Gasteiger partial charge < -0.3 is 4.74 Å². The van der Waals surface area contributed by atoms with Crippen molar-refractivity contribution in [3.63, 3.8) is 0 Å².